The molecule has 0 radical (unpaired) electrons. The number of rotatable bonds is 3. The Kier molecular flexibility index (Phi) is 3.28. The lowest BCUT2D eigenvalue weighted by atomic mass is 10.2. The zero-order chi connectivity index (χ0) is 10.6. The second kappa shape index (κ2) is 4.45. The summed E-state index contributed by atoms with van der Waals surface area (Å²) in [5, 5.41) is 11.4. The molecule has 3 N–H and O–H groups in total. The molecule has 5 heteroatoms. The van der Waals surface area contributed by atoms with Crippen LogP contribution in [0.3, 0.4) is 0 Å². The van der Waals surface area contributed by atoms with Gasteiger partial charge < -0.3 is 15.7 Å². The number of aromatic nitrogens is 1. The van der Waals surface area contributed by atoms with Gasteiger partial charge in [0.15, 0.2) is 5.84 Å². The standard InChI is InChI=1S/C9H13N3O2/c1-6(2)14-8-3-4-11-5-7(8)9(10)12-13/h3-6,13H,1-2H3,(H2,10,12). The van der Waals surface area contributed by atoms with Crippen molar-refractivity contribution in [2.24, 2.45) is 10.9 Å². The molecule has 1 aromatic rings. The van der Waals surface area contributed by atoms with E-state index in [1.165, 1.54) is 6.20 Å². The minimum atomic E-state index is -0.00579. The molecule has 0 atom stereocenters. The smallest absolute Gasteiger partial charge is 0.175 e. The van der Waals surface area contributed by atoms with Gasteiger partial charge in [-0.25, -0.2) is 0 Å². The van der Waals surface area contributed by atoms with E-state index in [0.29, 0.717) is 11.3 Å². The summed E-state index contributed by atoms with van der Waals surface area (Å²) in [7, 11) is 0. The fourth-order valence-electron chi connectivity index (χ4n) is 0.985. The van der Waals surface area contributed by atoms with Gasteiger partial charge in [0.05, 0.1) is 11.7 Å². The molecule has 0 fully saturated rings. The number of pyridine rings is 1. The minimum Gasteiger partial charge on any atom is -0.490 e. The third kappa shape index (κ3) is 2.35. The molecule has 0 saturated carbocycles. The van der Waals surface area contributed by atoms with Gasteiger partial charge >= 0.3 is 0 Å². The van der Waals surface area contributed by atoms with E-state index in [1.807, 2.05) is 13.8 Å². The van der Waals surface area contributed by atoms with E-state index in [2.05, 4.69) is 10.1 Å². The second-order valence-corrected chi connectivity index (χ2v) is 3.02. The van der Waals surface area contributed by atoms with Gasteiger partial charge in [-0.3, -0.25) is 4.98 Å². The van der Waals surface area contributed by atoms with Crippen LogP contribution in [-0.4, -0.2) is 22.1 Å². The lowest BCUT2D eigenvalue weighted by Gasteiger charge is -2.12. The second-order valence-electron chi connectivity index (χ2n) is 3.02. The average molecular weight is 195 g/mol. The quantitative estimate of drug-likeness (QED) is 0.326. The molecule has 1 aromatic heterocycles. The van der Waals surface area contributed by atoms with Crippen LogP contribution in [0.1, 0.15) is 19.4 Å². The molecule has 0 saturated heterocycles. The maximum absolute atomic E-state index is 8.53. The van der Waals surface area contributed by atoms with Crippen LogP contribution in [0.4, 0.5) is 0 Å². The van der Waals surface area contributed by atoms with Crippen molar-refractivity contribution in [1.82, 2.24) is 4.98 Å². The summed E-state index contributed by atoms with van der Waals surface area (Å²) in [5.41, 5.74) is 5.94. The van der Waals surface area contributed by atoms with Gasteiger partial charge in [-0.05, 0) is 19.9 Å². The van der Waals surface area contributed by atoms with E-state index in [9.17, 15) is 0 Å². The fourth-order valence-corrected chi connectivity index (χ4v) is 0.985. The third-order valence-corrected chi connectivity index (χ3v) is 1.53. The van der Waals surface area contributed by atoms with Crippen molar-refractivity contribution >= 4 is 5.84 Å². The summed E-state index contributed by atoms with van der Waals surface area (Å²) >= 11 is 0. The Morgan fingerprint density at radius 2 is 2.36 bits per heavy atom. The third-order valence-electron chi connectivity index (χ3n) is 1.53. The number of ether oxygens (including phenoxy) is 1. The van der Waals surface area contributed by atoms with Crippen LogP contribution in [0.25, 0.3) is 0 Å². The molecule has 0 unspecified atom stereocenters. The molecule has 0 aliphatic heterocycles. The van der Waals surface area contributed by atoms with Crippen LogP contribution < -0.4 is 10.5 Å². The van der Waals surface area contributed by atoms with E-state index in [1.54, 1.807) is 12.3 Å². The van der Waals surface area contributed by atoms with Crippen LogP contribution in [0.15, 0.2) is 23.6 Å². The van der Waals surface area contributed by atoms with Crippen molar-refractivity contribution in [1.29, 1.82) is 0 Å². The van der Waals surface area contributed by atoms with Crippen molar-refractivity contribution in [3.63, 3.8) is 0 Å². The molecule has 0 aromatic carbocycles. The van der Waals surface area contributed by atoms with E-state index >= 15 is 0 Å². The zero-order valence-electron chi connectivity index (χ0n) is 8.14. The molecule has 0 aliphatic carbocycles. The predicted molar refractivity (Wildman–Crippen MR) is 52.5 cm³/mol. The van der Waals surface area contributed by atoms with E-state index in [-0.39, 0.29) is 11.9 Å². The zero-order valence-corrected chi connectivity index (χ0v) is 8.14. The molecule has 1 heterocycles. The molecule has 0 amide bonds. The monoisotopic (exact) mass is 195 g/mol. The average Bonchev–Trinajstić information content (AvgIpc) is 2.16. The number of nitrogens with two attached hydrogens (primary N) is 1. The summed E-state index contributed by atoms with van der Waals surface area (Å²) in [5.74, 6) is 0.555. The van der Waals surface area contributed by atoms with Gasteiger partial charge in [-0.15, -0.1) is 0 Å². The maximum atomic E-state index is 8.53. The molecule has 0 spiro atoms. The van der Waals surface area contributed by atoms with Gasteiger partial charge in [0, 0.05) is 12.4 Å². The molecule has 0 aliphatic rings. The van der Waals surface area contributed by atoms with Crippen molar-refractivity contribution in [2.45, 2.75) is 20.0 Å². The minimum absolute atomic E-state index is 0.00579. The van der Waals surface area contributed by atoms with Crippen molar-refractivity contribution in [3.8, 4) is 5.75 Å². The highest BCUT2D eigenvalue weighted by atomic mass is 16.5. The first-order chi connectivity index (χ1) is 6.65. The first kappa shape index (κ1) is 10.3. The number of amidine groups is 1. The normalized spacial score (nSPS) is 11.8. The van der Waals surface area contributed by atoms with E-state index < -0.39 is 0 Å². The van der Waals surface area contributed by atoms with Crippen LogP contribution in [-0.2, 0) is 0 Å². The van der Waals surface area contributed by atoms with Crippen LogP contribution in [0.2, 0.25) is 0 Å². The van der Waals surface area contributed by atoms with E-state index in [0.717, 1.165) is 0 Å². The summed E-state index contributed by atoms with van der Waals surface area (Å²) < 4.78 is 5.46. The van der Waals surface area contributed by atoms with Crippen LogP contribution in [0.5, 0.6) is 5.75 Å². The first-order valence-electron chi connectivity index (χ1n) is 4.23. The van der Waals surface area contributed by atoms with E-state index in [4.69, 9.17) is 15.7 Å². The summed E-state index contributed by atoms with van der Waals surface area (Å²) in [4.78, 5) is 3.87. The predicted octanol–water partition coefficient (Wildman–Crippen LogP) is 0.963. The van der Waals surface area contributed by atoms with Gasteiger partial charge in [0.2, 0.25) is 0 Å². The molecular weight excluding hydrogens is 182 g/mol. The number of hydrogen-bond acceptors (Lipinski definition) is 4. The molecule has 0 bridgehead atoms. The number of nitrogens with zero attached hydrogens (tertiary/aromatic N) is 2. The topological polar surface area (TPSA) is 80.7 Å². The SMILES string of the molecule is CC(C)Oc1ccncc1/C(N)=N\O. The summed E-state index contributed by atoms with van der Waals surface area (Å²) in [6, 6.07) is 1.67. The molecule has 76 valence electrons. The van der Waals surface area contributed by atoms with Crippen molar-refractivity contribution in [3.05, 3.63) is 24.0 Å². The molecule has 5 nitrogen and oxygen atoms in total. The van der Waals surface area contributed by atoms with Gasteiger partial charge in [0.1, 0.15) is 5.75 Å². The molecule has 1 rings (SSSR count). The van der Waals surface area contributed by atoms with Crippen molar-refractivity contribution < 1.29 is 9.94 Å². The Morgan fingerprint density at radius 1 is 1.64 bits per heavy atom. The lowest BCUT2D eigenvalue weighted by Crippen LogP contribution is -2.17. The molecule has 14 heavy (non-hydrogen) atoms. The highest BCUT2D eigenvalue weighted by molar-refractivity contribution is 5.99. The Balaban J connectivity index is 3.03. The number of oxime groups is 1. The van der Waals surface area contributed by atoms with Gasteiger partial charge in [-0.2, -0.15) is 0 Å². The fraction of sp³-hybridized carbons (Fsp3) is 0.333. The lowest BCUT2D eigenvalue weighted by molar-refractivity contribution is 0.241. The van der Waals surface area contributed by atoms with Gasteiger partial charge in [-0.1, -0.05) is 5.16 Å². The summed E-state index contributed by atoms with van der Waals surface area (Å²) in [6.45, 7) is 3.80. The van der Waals surface area contributed by atoms with Crippen LogP contribution >= 0.6 is 0 Å². The maximum Gasteiger partial charge on any atom is 0.175 e. The molecular formula is C9H13N3O2. The Labute approximate surface area is 82.2 Å². The Bertz CT molecular complexity index is 337. The largest absolute Gasteiger partial charge is 0.490 e. The highest BCUT2D eigenvalue weighted by Crippen LogP contribution is 2.17. The highest BCUT2D eigenvalue weighted by Gasteiger charge is 2.08. The Morgan fingerprint density at radius 3 is 2.93 bits per heavy atom. The van der Waals surface area contributed by atoms with Gasteiger partial charge in [0.25, 0.3) is 0 Å². The Hall–Kier alpha value is -1.78. The van der Waals surface area contributed by atoms with Crippen molar-refractivity contribution in [2.75, 3.05) is 0 Å². The van der Waals surface area contributed by atoms with Crippen LogP contribution in [0, 0.1) is 0 Å². The first-order valence-corrected chi connectivity index (χ1v) is 4.23. The summed E-state index contributed by atoms with van der Waals surface area (Å²) in [6.07, 6.45) is 3.11. The number of hydrogen-bond donors (Lipinski definition) is 2.